The fourth-order valence-corrected chi connectivity index (χ4v) is 15.9. The van der Waals surface area contributed by atoms with Crippen LogP contribution in [0.5, 0.6) is 0 Å². The summed E-state index contributed by atoms with van der Waals surface area (Å²) in [5.41, 5.74) is 28.1. The summed E-state index contributed by atoms with van der Waals surface area (Å²) in [5, 5.41) is 75.3. The maximum absolute atomic E-state index is 14.5. The minimum atomic E-state index is -1.86. The molecule has 0 bridgehead atoms. The highest BCUT2D eigenvalue weighted by molar-refractivity contribution is 6.00. The van der Waals surface area contributed by atoms with Gasteiger partial charge in [-0.15, -0.1) is 0 Å². The molecule has 18 amide bonds. The van der Waals surface area contributed by atoms with Crippen molar-refractivity contribution in [3.05, 3.63) is 35.9 Å². The lowest BCUT2D eigenvalue weighted by atomic mass is 9.97. The lowest BCUT2D eigenvalue weighted by Crippen LogP contribution is -2.59. The van der Waals surface area contributed by atoms with Crippen molar-refractivity contribution in [2.24, 2.45) is 58.3 Å². The van der Waals surface area contributed by atoms with E-state index in [0.29, 0.717) is 102 Å². The van der Waals surface area contributed by atoms with E-state index >= 15 is 0 Å². The van der Waals surface area contributed by atoms with E-state index in [4.69, 9.17) is 39.5 Å². The fourth-order valence-electron chi connectivity index (χ4n) is 15.9. The monoisotopic (exact) mass is 1820 g/mol. The Kier molecular flexibility index (Phi) is 46.0. The molecule has 718 valence electrons. The maximum atomic E-state index is 14.5. The van der Waals surface area contributed by atoms with E-state index in [1.165, 1.54) is 20.8 Å². The van der Waals surface area contributed by atoms with Crippen molar-refractivity contribution in [1.82, 2.24) is 101 Å². The number of carbonyl (C=O) groups excluding carboxylic acids is 18. The summed E-state index contributed by atoms with van der Waals surface area (Å²) in [4.78, 5) is 256. The van der Waals surface area contributed by atoms with Crippen LogP contribution < -0.4 is 130 Å². The zero-order chi connectivity index (χ0) is 95.6. The predicted octanol–water partition coefficient (Wildman–Crippen LogP) is -6.95. The average Bonchev–Trinajstić information content (AvgIpc) is 1.69. The average molecular weight is 1820 g/mol. The Labute approximate surface area is 749 Å². The molecule has 46 heteroatoms. The van der Waals surface area contributed by atoms with E-state index in [-0.39, 0.29) is 101 Å². The van der Waals surface area contributed by atoms with Crippen molar-refractivity contribution in [2.45, 2.75) is 280 Å². The molecule has 129 heavy (non-hydrogen) atoms. The standard InChI is InChI=1S/C83H136N26O20/c1-7-8-21-48(36-65(112)94-41-66(113)95-42-67(114)100-62(38-68(115)116)78(126)97-45(5)71(119)107-60(35-47-19-10-9-11-20-47)80(128)109-61(37-64(85)111)81(129)104-56(69(86)117)29-17-32-92-82(87)88)99-76(124)57(25-12-13-31-84)105-73(121)50-23-15-28-55(50)103-79(127)59(34-43(2)3)108-74(122)51-24-16-27-54(51)102-77(125)58(30-18-33-93-83(89)90)106-72(120)49-22-14-26-53(49)101-70(118)44(4)96-75(123)52-39-91-40-63(52)98-46(6)110/h9-11,19-20,43-45,48-63,91H,7-8,12-18,21-42,84H2,1-6H3,(H2,85,111)(H2,86,117)(H,94,112)(H,95,113)(H,96,123)(H,97,126)(H,98,110)(H,99,124)(H,100,114)(H,101,118)(H,102,125)(H,103,127)(H,104,129)(H,105,121)(H,106,120)(H,107,119)(H,108,122)(H,109,128)(H,115,116)(H4,87,88,92)(H4,89,90,93)/t44-,45-,48-,49-,50-,51-,52-,53-,54-,55-,56-,57-,58-,59-,60-,61-,62-,63-/m0/s1. The van der Waals surface area contributed by atoms with Crippen LogP contribution in [-0.4, -0.2) is 260 Å². The van der Waals surface area contributed by atoms with Crippen LogP contribution in [0.15, 0.2) is 30.3 Å². The Morgan fingerprint density at radius 2 is 0.891 bits per heavy atom. The molecule has 3 aliphatic carbocycles. The SMILES string of the molecule is CCCC[C@@H](CC(=O)NCC(=O)NCC(=O)N[C@@H](CC(=O)O)C(=O)N[C@@H](C)C(=O)N[C@@H](Cc1ccccc1)C(=O)N[C@@H](CC(N)=O)C(=O)N[C@@H](CCCNC(=N)N)C(N)=O)NC(=O)[C@H](CCCCN)NC(=O)[C@H]1CCC[C@@H]1NC(=O)[C@H](CC(C)C)NC(=O)[C@H]1CCC[C@@H]1NC(=O)[C@H](CCCNC(=N)N)NC(=O)[C@H]1CCC[C@@H]1NC(=O)[C@H](C)NC(=O)[C@H]1CNC[C@@H]1NC(C)=O. The Hall–Kier alpha value is -12.4. The van der Waals surface area contributed by atoms with Crippen LogP contribution in [0, 0.1) is 40.4 Å². The number of carboxylic acid groups (broad SMARTS) is 1. The minimum absolute atomic E-state index is 0.0458. The first-order valence-corrected chi connectivity index (χ1v) is 44.3. The van der Waals surface area contributed by atoms with Gasteiger partial charge < -0.3 is 135 Å². The first-order chi connectivity index (χ1) is 61.2. The Balaban J connectivity index is 1.15. The normalized spacial score (nSPS) is 20.2. The molecule has 4 aliphatic rings. The molecule has 5 rings (SSSR count). The van der Waals surface area contributed by atoms with Gasteiger partial charge in [0, 0.05) is 70.1 Å². The van der Waals surface area contributed by atoms with Gasteiger partial charge in [0.1, 0.15) is 54.4 Å². The number of unbranched alkanes of at least 4 members (excludes halogenated alkanes) is 2. The number of aliphatic carboxylic acids is 1. The van der Waals surface area contributed by atoms with Gasteiger partial charge in [0.15, 0.2) is 11.9 Å². The topological polar surface area (TPSA) is 751 Å². The van der Waals surface area contributed by atoms with E-state index in [1.807, 2.05) is 20.8 Å². The molecule has 1 aliphatic heterocycles. The van der Waals surface area contributed by atoms with Crippen molar-refractivity contribution < 1.29 is 96.2 Å². The van der Waals surface area contributed by atoms with Gasteiger partial charge in [-0.3, -0.25) is 102 Å². The lowest BCUT2D eigenvalue weighted by Gasteiger charge is -2.29. The summed E-state index contributed by atoms with van der Waals surface area (Å²) in [5.74, 6) is -18.9. The smallest absolute Gasteiger partial charge is 0.305 e. The number of rotatable bonds is 56. The summed E-state index contributed by atoms with van der Waals surface area (Å²) in [7, 11) is 0. The van der Waals surface area contributed by atoms with Crippen molar-refractivity contribution in [2.75, 3.05) is 45.8 Å². The first-order valence-electron chi connectivity index (χ1n) is 44.3. The number of guanidine groups is 2. The first kappa shape index (κ1) is 107. The van der Waals surface area contributed by atoms with Crippen molar-refractivity contribution >= 4 is 124 Å². The highest BCUT2D eigenvalue weighted by Gasteiger charge is 2.44. The number of amides is 18. The van der Waals surface area contributed by atoms with Gasteiger partial charge in [0.05, 0.1) is 55.6 Å². The van der Waals surface area contributed by atoms with Crippen LogP contribution in [0.1, 0.15) is 195 Å². The molecule has 1 saturated heterocycles. The van der Waals surface area contributed by atoms with Gasteiger partial charge in [0.2, 0.25) is 106 Å². The number of primary amides is 2. The molecule has 32 N–H and O–H groups in total. The van der Waals surface area contributed by atoms with E-state index < -0.39 is 241 Å². The Bertz CT molecular complexity index is 4070. The second-order valence-corrected chi connectivity index (χ2v) is 33.8. The van der Waals surface area contributed by atoms with Crippen LogP contribution in [-0.2, 0) is 97.5 Å². The van der Waals surface area contributed by atoms with Gasteiger partial charge in [-0.2, -0.15) is 0 Å². The molecule has 1 aromatic rings. The molecular formula is C83H136N26O20. The molecule has 1 heterocycles. The molecule has 46 nitrogen and oxygen atoms in total. The highest BCUT2D eigenvalue weighted by Crippen LogP contribution is 2.30. The second-order valence-electron chi connectivity index (χ2n) is 33.8. The number of carbonyl (C=O) groups is 19. The van der Waals surface area contributed by atoms with Crippen LogP contribution in [0.3, 0.4) is 0 Å². The lowest BCUT2D eigenvalue weighted by molar-refractivity contribution is -0.141. The largest absolute Gasteiger partial charge is 0.481 e. The Morgan fingerprint density at radius 1 is 0.426 bits per heavy atom. The fraction of sp³-hybridized carbons (Fsp3) is 0.675. The number of carboxylic acids is 1. The van der Waals surface area contributed by atoms with Gasteiger partial charge in [-0.25, -0.2) is 0 Å². The zero-order valence-corrected chi connectivity index (χ0v) is 74.4. The van der Waals surface area contributed by atoms with Crippen molar-refractivity contribution in [1.29, 1.82) is 10.8 Å². The summed E-state index contributed by atoms with van der Waals surface area (Å²) in [6.07, 6.45) is 4.67. The van der Waals surface area contributed by atoms with E-state index in [0.717, 1.165) is 0 Å². The van der Waals surface area contributed by atoms with Crippen molar-refractivity contribution in [3.63, 3.8) is 0 Å². The summed E-state index contributed by atoms with van der Waals surface area (Å²) >= 11 is 0. The molecular weight excluding hydrogens is 1680 g/mol. The summed E-state index contributed by atoms with van der Waals surface area (Å²) < 4.78 is 0. The number of nitrogens with one attached hydrogen (secondary N) is 21. The van der Waals surface area contributed by atoms with E-state index in [2.05, 4.69) is 101 Å². The van der Waals surface area contributed by atoms with Crippen molar-refractivity contribution in [3.8, 4) is 0 Å². The molecule has 1 aromatic carbocycles. The van der Waals surface area contributed by atoms with Crippen LogP contribution in [0.4, 0.5) is 0 Å². The molecule has 18 atom stereocenters. The number of hydrogen-bond acceptors (Lipinski definition) is 23. The zero-order valence-electron chi connectivity index (χ0n) is 74.4. The van der Waals surface area contributed by atoms with Gasteiger partial charge >= 0.3 is 5.97 Å². The molecule has 4 fully saturated rings. The minimum Gasteiger partial charge on any atom is -0.481 e. The molecule has 0 radical (unpaired) electrons. The quantitative estimate of drug-likeness (QED) is 0.0164. The van der Waals surface area contributed by atoms with Crippen LogP contribution in [0.2, 0.25) is 0 Å². The number of benzene rings is 1. The predicted molar refractivity (Wildman–Crippen MR) is 469 cm³/mol. The third-order valence-corrected chi connectivity index (χ3v) is 22.7. The summed E-state index contributed by atoms with van der Waals surface area (Å²) in [6, 6.07) is -7.56. The van der Waals surface area contributed by atoms with E-state index in [1.54, 1.807) is 30.3 Å². The second kappa shape index (κ2) is 55.4. The molecule has 0 aromatic heterocycles. The van der Waals surface area contributed by atoms with Gasteiger partial charge in [-0.05, 0) is 128 Å². The molecule has 0 unspecified atom stereocenters. The maximum Gasteiger partial charge on any atom is 0.305 e. The van der Waals surface area contributed by atoms with Crippen LogP contribution in [0.25, 0.3) is 0 Å². The van der Waals surface area contributed by atoms with Gasteiger partial charge in [-0.1, -0.05) is 83.2 Å². The number of nitrogens with two attached hydrogens (primary N) is 5. The third-order valence-electron chi connectivity index (χ3n) is 22.7. The third kappa shape index (κ3) is 38.6. The van der Waals surface area contributed by atoms with Gasteiger partial charge in [0.25, 0.3) is 0 Å². The Morgan fingerprint density at radius 3 is 1.42 bits per heavy atom. The van der Waals surface area contributed by atoms with E-state index in [9.17, 15) is 96.2 Å². The molecule has 3 saturated carbocycles. The highest BCUT2D eigenvalue weighted by atomic mass is 16.4. The molecule has 0 spiro atoms. The summed E-state index contributed by atoms with van der Waals surface area (Å²) in [6.45, 7) is 9.37. The van der Waals surface area contributed by atoms with Crippen LogP contribution >= 0.6 is 0 Å². The number of hydrogen-bond donors (Lipinski definition) is 27.